The molecule has 0 N–H and O–H groups in total. The summed E-state index contributed by atoms with van der Waals surface area (Å²) in [7, 11) is 0. The number of rotatable bonds is 0. The van der Waals surface area contributed by atoms with Crippen molar-refractivity contribution in [1.82, 2.24) is 4.98 Å². The van der Waals surface area contributed by atoms with Crippen LogP contribution in [0.15, 0.2) is 36.7 Å². The molecule has 2 rings (SSSR count). The van der Waals surface area contributed by atoms with Crippen molar-refractivity contribution in [2.75, 3.05) is 0 Å². The molecule has 0 saturated heterocycles. The van der Waals surface area contributed by atoms with Gasteiger partial charge in [-0.25, -0.2) is 0 Å². The summed E-state index contributed by atoms with van der Waals surface area (Å²) in [6, 6.07) is 8.28. The van der Waals surface area contributed by atoms with Crippen LogP contribution in [0.1, 0.15) is 19.4 Å². The number of hydrogen-bond donors (Lipinski definition) is 0. The number of aromatic nitrogens is 1. The predicted octanol–water partition coefficient (Wildman–Crippen LogP) is 3.57. The van der Waals surface area contributed by atoms with E-state index in [1.54, 1.807) is 0 Å². The molecule has 0 unspecified atom stereocenters. The van der Waals surface area contributed by atoms with Gasteiger partial charge in [0, 0.05) is 17.8 Å². The molecule has 1 aromatic heterocycles. The fourth-order valence-electron chi connectivity index (χ4n) is 1.27. The molecule has 0 amide bonds. The molecule has 13 heavy (non-hydrogen) atoms. The average molecular weight is 173 g/mol. The summed E-state index contributed by atoms with van der Waals surface area (Å²) in [5.41, 5.74) is 1.24. The maximum Gasteiger partial charge on any atom is 0.0346 e. The maximum atomic E-state index is 4.11. The van der Waals surface area contributed by atoms with E-state index in [1.807, 2.05) is 32.3 Å². The summed E-state index contributed by atoms with van der Waals surface area (Å²) < 4.78 is 0. The van der Waals surface area contributed by atoms with Gasteiger partial charge in [0.05, 0.1) is 0 Å². The molecule has 0 aliphatic carbocycles. The highest BCUT2D eigenvalue weighted by Gasteiger charge is 1.93. The van der Waals surface area contributed by atoms with Gasteiger partial charge in [-0.05, 0) is 17.9 Å². The SMILES string of the molecule is CC.Cc1cncc2ccccc12. The van der Waals surface area contributed by atoms with E-state index in [4.69, 9.17) is 0 Å². The van der Waals surface area contributed by atoms with Gasteiger partial charge >= 0.3 is 0 Å². The van der Waals surface area contributed by atoms with Crippen molar-refractivity contribution in [3.63, 3.8) is 0 Å². The highest BCUT2D eigenvalue weighted by Crippen LogP contribution is 2.14. The van der Waals surface area contributed by atoms with Crippen molar-refractivity contribution >= 4 is 10.8 Å². The first-order valence-electron chi connectivity index (χ1n) is 4.67. The first-order valence-corrected chi connectivity index (χ1v) is 4.67. The van der Waals surface area contributed by atoms with Crippen LogP contribution in [0.25, 0.3) is 10.8 Å². The van der Waals surface area contributed by atoms with Gasteiger partial charge in [0.25, 0.3) is 0 Å². The van der Waals surface area contributed by atoms with E-state index in [1.165, 1.54) is 16.3 Å². The summed E-state index contributed by atoms with van der Waals surface area (Å²) in [6.07, 6.45) is 3.78. The smallest absolute Gasteiger partial charge is 0.0346 e. The van der Waals surface area contributed by atoms with Crippen LogP contribution < -0.4 is 0 Å². The molecule has 0 radical (unpaired) electrons. The Bertz CT molecular complexity index is 374. The van der Waals surface area contributed by atoms with Crippen LogP contribution in [0.3, 0.4) is 0 Å². The normalized spacial score (nSPS) is 9.15. The third-order valence-corrected chi connectivity index (χ3v) is 1.87. The van der Waals surface area contributed by atoms with E-state index < -0.39 is 0 Å². The van der Waals surface area contributed by atoms with Crippen molar-refractivity contribution in [3.05, 3.63) is 42.2 Å². The third-order valence-electron chi connectivity index (χ3n) is 1.87. The van der Waals surface area contributed by atoms with Crippen molar-refractivity contribution in [2.24, 2.45) is 0 Å². The first-order chi connectivity index (χ1) is 6.38. The Morgan fingerprint density at radius 1 is 1.00 bits per heavy atom. The Balaban J connectivity index is 0.000000396. The molecule has 0 saturated carbocycles. The van der Waals surface area contributed by atoms with Crippen molar-refractivity contribution < 1.29 is 0 Å². The van der Waals surface area contributed by atoms with Gasteiger partial charge in [0.15, 0.2) is 0 Å². The van der Waals surface area contributed by atoms with Gasteiger partial charge in [0.1, 0.15) is 0 Å². The molecular formula is C12H15N. The van der Waals surface area contributed by atoms with Crippen LogP contribution in [0, 0.1) is 6.92 Å². The third kappa shape index (κ3) is 2.05. The quantitative estimate of drug-likeness (QED) is 0.593. The number of pyridine rings is 1. The molecule has 1 heteroatoms. The maximum absolute atomic E-state index is 4.11. The molecule has 0 bridgehead atoms. The Labute approximate surface area is 79.4 Å². The van der Waals surface area contributed by atoms with Gasteiger partial charge in [0.2, 0.25) is 0 Å². The van der Waals surface area contributed by atoms with Crippen LogP contribution in [-0.4, -0.2) is 4.98 Å². The fourth-order valence-corrected chi connectivity index (χ4v) is 1.27. The standard InChI is InChI=1S/C10H9N.C2H6/c1-8-6-11-7-9-4-2-3-5-10(8)9;1-2/h2-7H,1H3;1-2H3. The summed E-state index contributed by atoms with van der Waals surface area (Å²) in [5, 5.41) is 2.51. The minimum absolute atomic E-state index is 1.22. The molecule has 68 valence electrons. The lowest BCUT2D eigenvalue weighted by atomic mass is 10.1. The zero-order valence-corrected chi connectivity index (χ0v) is 8.41. The van der Waals surface area contributed by atoms with E-state index in [-0.39, 0.29) is 0 Å². The van der Waals surface area contributed by atoms with Crippen LogP contribution >= 0.6 is 0 Å². The summed E-state index contributed by atoms with van der Waals surface area (Å²) in [6.45, 7) is 6.08. The minimum atomic E-state index is 1.22. The Hall–Kier alpha value is -1.37. The molecule has 1 nitrogen and oxygen atoms in total. The average Bonchev–Trinajstić information content (AvgIpc) is 2.22. The van der Waals surface area contributed by atoms with Crippen LogP contribution in [0.2, 0.25) is 0 Å². The van der Waals surface area contributed by atoms with Gasteiger partial charge in [-0.3, -0.25) is 4.98 Å². The topological polar surface area (TPSA) is 12.9 Å². The fraction of sp³-hybridized carbons (Fsp3) is 0.250. The Kier molecular flexibility index (Phi) is 3.44. The van der Waals surface area contributed by atoms with E-state index in [0.717, 1.165) is 0 Å². The van der Waals surface area contributed by atoms with Gasteiger partial charge in [-0.1, -0.05) is 38.1 Å². The first kappa shape index (κ1) is 9.72. The molecular weight excluding hydrogens is 158 g/mol. The number of nitrogens with zero attached hydrogens (tertiary/aromatic N) is 1. The van der Waals surface area contributed by atoms with E-state index >= 15 is 0 Å². The summed E-state index contributed by atoms with van der Waals surface area (Å²) >= 11 is 0. The predicted molar refractivity (Wildman–Crippen MR) is 57.8 cm³/mol. The molecule has 0 fully saturated rings. The van der Waals surface area contributed by atoms with E-state index in [2.05, 4.69) is 30.1 Å². The monoisotopic (exact) mass is 173 g/mol. The molecule has 1 aromatic carbocycles. The Morgan fingerprint density at radius 3 is 2.38 bits per heavy atom. The Morgan fingerprint density at radius 2 is 1.69 bits per heavy atom. The number of benzene rings is 1. The van der Waals surface area contributed by atoms with Crippen LogP contribution in [0.4, 0.5) is 0 Å². The molecule has 2 aromatic rings. The highest BCUT2D eigenvalue weighted by molar-refractivity contribution is 5.84. The molecule has 0 aliphatic rings. The molecule has 0 aliphatic heterocycles. The minimum Gasteiger partial charge on any atom is -0.264 e. The molecule has 1 heterocycles. The van der Waals surface area contributed by atoms with Crippen LogP contribution in [-0.2, 0) is 0 Å². The van der Waals surface area contributed by atoms with E-state index in [9.17, 15) is 0 Å². The molecule has 0 spiro atoms. The van der Waals surface area contributed by atoms with Gasteiger partial charge in [-0.2, -0.15) is 0 Å². The van der Waals surface area contributed by atoms with Gasteiger partial charge < -0.3 is 0 Å². The number of aryl methyl sites for hydroxylation is 1. The second-order valence-electron chi connectivity index (χ2n) is 2.68. The second kappa shape index (κ2) is 4.61. The lowest BCUT2D eigenvalue weighted by Gasteiger charge is -1.98. The summed E-state index contributed by atoms with van der Waals surface area (Å²) in [5.74, 6) is 0. The lowest BCUT2D eigenvalue weighted by molar-refractivity contribution is 1.31. The zero-order valence-electron chi connectivity index (χ0n) is 8.41. The number of fused-ring (bicyclic) bond motifs is 1. The largest absolute Gasteiger partial charge is 0.264 e. The van der Waals surface area contributed by atoms with Crippen molar-refractivity contribution in [3.8, 4) is 0 Å². The van der Waals surface area contributed by atoms with Crippen molar-refractivity contribution in [2.45, 2.75) is 20.8 Å². The summed E-state index contributed by atoms with van der Waals surface area (Å²) in [4.78, 5) is 4.11. The molecule has 0 atom stereocenters. The van der Waals surface area contributed by atoms with Crippen molar-refractivity contribution in [1.29, 1.82) is 0 Å². The van der Waals surface area contributed by atoms with E-state index in [0.29, 0.717) is 0 Å². The number of hydrogen-bond acceptors (Lipinski definition) is 1. The van der Waals surface area contributed by atoms with Crippen LogP contribution in [0.5, 0.6) is 0 Å². The highest BCUT2D eigenvalue weighted by atomic mass is 14.6. The van der Waals surface area contributed by atoms with Gasteiger partial charge in [-0.15, -0.1) is 0 Å². The lowest BCUT2D eigenvalue weighted by Crippen LogP contribution is -1.79. The second-order valence-corrected chi connectivity index (χ2v) is 2.68. The zero-order chi connectivity index (χ0) is 9.68.